The van der Waals surface area contributed by atoms with Crippen LogP contribution in [0.5, 0.6) is 5.75 Å². The minimum Gasteiger partial charge on any atom is -0.508 e. The van der Waals surface area contributed by atoms with Gasteiger partial charge in [0.25, 0.3) is 5.91 Å². The first-order valence-corrected chi connectivity index (χ1v) is 7.69. The van der Waals surface area contributed by atoms with E-state index in [1.807, 2.05) is 39.0 Å². The number of hydrogen-bond acceptors (Lipinski definition) is 4. The van der Waals surface area contributed by atoms with Gasteiger partial charge in [0, 0.05) is 0 Å². The topological polar surface area (TPSA) is 75.6 Å². The van der Waals surface area contributed by atoms with Crippen molar-refractivity contribution in [3.8, 4) is 5.75 Å². The molecule has 0 heterocycles. The third-order valence-corrected chi connectivity index (χ3v) is 3.82. The lowest BCUT2D eigenvalue weighted by atomic mass is 10.0. The average Bonchev–Trinajstić information content (AvgIpc) is 2.55. The lowest BCUT2D eigenvalue weighted by molar-refractivity contribution is -0.124. The van der Waals surface area contributed by atoms with E-state index >= 15 is 0 Å². The van der Waals surface area contributed by atoms with Crippen molar-refractivity contribution < 1.29 is 19.4 Å². The molecule has 0 fully saturated rings. The highest BCUT2D eigenvalue weighted by atomic mass is 16.5. The van der Waals surface area contributed by atoms with Crippen LogP contribution in [0, 0.1) is 13.8 Å². The molecule has 126 valence electrons. The number of carbonyl (C=O) groups is 2. The predicted octanol–water partition coefficient (Wildman–Crippen LogP) is 3.04. The Morgan fingerprint density at radius 1 is 1.12 bits per heavy atom. The number of ether oxygens (including phenoxy) is 1. The van der Waals surface area contributed by atoms with Gasteiger partial charge in [0.2, 0.25) is 0 Å². The average molecular weight is 327 g/mol. The summed E-state index contributed by atoms with van der Waals surface area (Å²) in [6.07, 6.45) is 0. The van der Waals surface area contributed by atoms with Crippen molar-refractivity contribution >= 4 is 11.9 Å². The van der Waals surface area contributed by atoms with Gasteiger partial charge >= 0.3 is 5.97 Å². The number of esters is 1. The first-order chi connectivity index (χ1) is 11.4. The fourth-order valence-corrected chi connectivity index (χ4v) is 2.25. The summed E-state index contributed by atoms with van der Waals surface area (Å²) in [5.74, 6) is -1.06. The van der Waals surface area contributed by atoms with E-state index in [0.29, 0.717) is 0 Å². The van der Waals surface area contributed by atoms with Crippen LogP contribution in [-0.4, -0.2) is 23.6 Å². The summed E-state index contributed by atoms with van der Waals surface area (Å²) in [6, 6.07) is 11.6. The maximum absolute atomic E-state index is 11.9. The van der Waals surface area contributed by atoms with Crippen LogP contribution in [0.15, 0.2) is 42.5 Å². The van der Waals surface area contributed by atoms with Gasteiger partial charge in [-0.25, -0.2) is 4.79 Å². The number of carbonyl (C=O) groups excluding carboxylic acids is 2. The Morgan fingerprint density at radius 3 is 2.54 bits per heavy atom. The molecule has 0 saturated carbocycles. The molecule has 0 aromatic heterocycles. The van der Waals surface area contributed by atoms with Gasteiger partial charge in [-0.3, -0.25) is 4.79 Å². The van der Waals surface area contributed by atoms with Crippen LogP contribution in [0.2, 0.25) is 0 Å². The molecular formula is C19H21NO4. The molecule has 0 aliphatic heterocycles. The minimum absolute atomic E-state index is 0.0303. The Balaban J connectivity index is 1.88. The summed E-state index contributed by atoms with van der Waals surface area (Å²) in [5.41, 5.74) is 3.54. The van der Waals surface area contributed by atoms with Crippen LogP contribution in [0.3, 0.4) is 0 Å². The molecule has 0 spiro atoms. The van der Waals surface area contributed by atoms with Crippen molar-refractivity contribution in [3.05, 3.63) is 64.7 Å². The predicted molar refractivity (Wildman–Crippen MR) is 90.9 cm³/mol. The van der Waals surface area contributed by atoms with E-state index in [2.05, 4.69) is 5.32 Å². The molecular weight excluding hydrogens is 306 g/mol. The standard InChI is InChI=1S/C19H21NO4/c1-12-7-8-15(9-13(12)2)14(3)20-18(22)11-24-19(23)16-5-4-6-17(21)10-16/h4-10,14,21H,11H2,1-3H3,(H,20,22)/t14-/m1/s1. The molecule has 2 rings (SSSR count). The molecule has 0 aliphatic rings. The Labute approximate surface area is 141 Å². The molecule has 0 radical (unpaired) electrons. The molecule has 1 atom stereocenters. The Bertz CT molecular complexity index is 755. The third-order valence-electron chi connectivity index (χ3n) is 3.82. The van der Waals surface area contributed by atoms with E-state index in [9.17, 15) is 14.7 Å². The number of rotatable bonds is 5. The minimum atomic E-state index is -0.653. The largest absolute Gasteiger partial charge is 0.508 e. The number of aromatic hydroxyl groups is 1. The van der Waals surface area contributed by atoms with E-state index in [4.69, 9.17) is 4.74 Å². The quantitative estimate of drug-likeness (QED) is 0.828. The van der Waals surface area contributed by atoms with Gasteiger partial charge in [0.1, 0.15) is 5.75 Å². The molecule has 2 aromatic rings. The highest BCUT2D eigenvalue weighted by Crippen LogP contribution is 2.16. The lowest BCUT2D eigenvalue weighted by Gasteiger charge is -2.15. The summed E-state index contributed by atoms with van der Waals surface area (Å²) in [6.45, 7) is 5.55. The normalized spacial score (nSPS) is 11.6. The zero-order valence-electron chi connectivity index (χ0n) is 14.0. The fourth-order valence-electron chi connectivity index (χ4n) is 2.25. The maximum atomic E-state index is 11.9. The second kappa shape index (κ2) is 7.64. The summed E-state index contributed by atoms with van der Waals surface area (Å²) in [4.78, 5) is 23.8. The van der Waals surface area contributed by atoms with Gasteiger partial charge < -0.3 is 15.2 Å². The second-order valence-corrected chi connectivity index (χ2v) is 5.76. The number of phenolic OH excluding ortho intramolecular Hbond substituents is 1. The fraction of sp³-hybridized carbons (Fsp3) is 0.263. The van der Waals surface area contributed by atoms with E-state index in [-0.39, 0.29) is 29.9 Å². The van der Waals surface area contributed by atoms with Gasteiger partial charge in [-0.1, -0.05) is 24.3 Å². The second-order valence-electron chi connectivity index (χ2n) is 5.76. The van der Waals surface area contributed by atoms with Crippen molar-refractivity contribution in [2.45, 2.75) is 26.8 Å². The van der Waals surface area contributed by atoms with Crippen molar-refractivity contribution in [3.63, 3.8) is 0 Å². The van der Waals surface area contributed by atoms with E-state index < -0.39 is 5.97 Å². The molecule has 24 heavy (non-hydrogen) atoms. The van der Waals surface area contributed by atoms with Crippen LogP contribution in [-0.2, 0) is 9.53 Å². The summed E-state index contributed by atoms with van der Waals surface area (Å²) in [7, 11) is 0. The van der Waals surface area contributed by atoms with Gasteiger partial charge in [0.05, 0.1) is 11.6 Å². The number of phenols is 1. The van der Waals surface area contributed by atoms with Gasteiger partial charge in [-0.05, 0) is 55.7 Å². The molecule has 5 nitrogen and oxygen atoms in total. The van der Waals surface area contributed by atoms with Crippen LogP contribution in [0.1, 0.15) is 40.0 Å². The SMILES string of the molecule is Cc1ccc([C@@H](C)NC(=O)COC(=O)c2cccc(O)c2)cc1C. The Morgan fingerprint density at radius 2 is 1.88 bits per heavy atom. The van der Waals surface area contributed by atoms with Gasteiger partial charge in [-0.15, -0.1) is 0 Å². The van der Waals surface area contributed by atoms with Crippen LogP contribution in [0.4, 0.5) is 0 Å². The van der Waals surface area contributed by atoms with Crippen LogP contribution in [0.25, 0.3) is 0 Å². The highest BCUT2D eigenvalue weighted by Gasteiger charge is 2.13. The van der Waals surface area contributed by atoms with E-state index in [1.54, 1.807) is 0 Å². The van der Waals surface area contributed by atoms with Crippen LogP contribution >= 0.6 is 0 Å². The van der Waals surface area contributed by atoms with Crippen molar-refractivity contribution in [1.82, 2.24) is 5.32 Å². The summed E-state index contributed by atoms with van der Waals surface area (Å²) < 4.78 is 4.96. The van der Waals surface area contributed by atoms with Crippen molar-refractivity contribution in [1.29, 1.82) is 0 Å². The molecule has 0 aliphatic carbocycles. The molecule has 2 N–H and O–H groups in total. The first kappa shape index (κ1) is 17.5. The first-order valence-electron chi connectivity index (χ1n) is 7.69. The lowest BCUT2D eigenvalue weighted by Crippen LogP contribution is -2.31. The summed E-state index contributed by atoms with van der Waals surface area (Å²) in [5, 5.41) is 12.1. The van der Waals surface area contributed by atoms with Gasteiger partial charge in [-0.2, -0.15) is 0 Å². The third kappa shape index (κ3) is 4.59. The molecule has 0 saturated heterocycles. The monoisotopic (exact) mass is 327 g/mol. The molecule has 5 heteroatoms. The molecule has 0 unspecified atom stereocenters. The molecule has 1 amide bonds. The smallest absolute Gasteiger partial charge is 0.338 e. The number of hydrogen-bond donors (Lipinski definition) is 2. The number of amides is 1. The molecule has 0 bridgehead atoms. The van der Waals surface area contributed by atoms with E-state index in [0.717, 1.165) is 11.1 Å². The van der Waals surface area contributed by atoms with Crippen molar-refractivity contribution in [2.75, 3.05) is 6.61 Å². The Hall–Kier alpha value is -2.82. The Kier molecular flexibility index (Phi) is 5.58. The van der Waals surface area contributed by atoms with Crippen LogP contribution < -0.4 is 5.32 Å². The van der Waals surface area contributed by atoms with E-state index in [1.165, 1.54) is 29.8 Å². The number of benzene rings is 2. The van der Waals surface area contributed by atoms with Crippen molar-refractivity contribution in [2.24, 2.45) is 0 Å². The zero-order chi connectivity index (χ0) is 17.7. The molecule has 2 aromatic carbocycles. The summed E-state index contributed by atoms with van der Waals surface area (Å²) >= 11 is 0. The number of nitrogens with one attached hydrogen (secondary N) is 1. The number of aryl methyl sites for hydroxylation is 2. The maximum Gasteiger partial charge on any atom is 0.338 e. The van der Waals surface area contributed by atoms with Gasteiger partial charge in [0.15, 0.2) is 6.61 Å². The zero-order valence-corrected chi connectivity index (χ0v) is 14.0. The highest BCUT2D eigenvalue weighted by molar-refractivity contribution is 5.91.